The zero-order valence-corrected chi connectivity index (χ0v) is 22.1. The fourth-order valence-electron chi connectivity index (χ4n) is 4.71. The second-order valence-corrected chi connectivity index (χ2v) is 11.2. The first-order valence-electron chi connectivity index (χ1n) is 12.8. The van der Waals surface area contributed by atoms with Gasteiger partial charge in [0.05, 0.1) is 6.20 Å². The predicted octanol–water partition coefficient (Wildman–Crippen LogP) is 3.12. The summed E-state index contributed by atoms with van der Waals surface area (Å²) < 4.78 is 2.19. The van der Waals surface area contributed by atoms with Gasteiger partial charge >= 0.3 is 0 Å². The number of hydrogen-bond donors (Lipinski definition) is 3. The number of aromatic nitrogens is 2. The molecule has 4 aliphatic rings. The number of hydrogen-bond acceptors (Lipinski definition) is 9. The maximum absolute atomic E-state index is 11.3. The van der Waals surface area contributed by atoms with Gasteiger partial charge in [0.25, 0.3) is 11.7 Å². The number of aromatic amines is 1. The zero-order chi connectivity index (χ0) is 25.4. The molecule has 0 atom stereocenters. The molecule has 11 heteroatoms. The second kappa shape index (κ2) is 10.3. The van der Waals surface area contributed by atoms with Crippen molar-refractivity contribution in [1.82, 2.24) is 29.2 Å². The van der Waals surface area contributed by atoms with Crippen molar-refractivity contribution < 1.29 is 4.79 Å². The number of piperazine rings is 1. The Bertz CT molecular complexity index is 1240. The lowest BCUT2D eigenvalue weighted by Gasteiger charge is -2.31. The monoisotopic (exact) mass is 519 g/mol. The summed E-state index contributed by atoms with van der Waals surface area (Å²) in [6, 6.07) is 10.0. The first-order chi connectivity index (χ1) is 18.0. The van der Waals surface area contributed by atoms with Crippen LogP contribution in [0.3, 0.4) is 0 Å². The van der Waals surface area contributed by atoms with Crippen LogP contribution in [0.1, 0.15) is 31.4 Å². The van der Waals surface area contributed by atoms with Gasteiger partial charge in [-0.15, -0.1) is 0 Å². The van der Waals surface area contributed by atoms with Crippen LogP contribution in [0.4, 0.5) is 11.5 Å². The van der Waals surface area contributed by atoms with Gasteiger partial charge in [-0.25, -0.2) is 0 Å². The van der Waals surface area contributed by atoms with Crippen LogP contribution in [-0.2, 0) is 4.79 Å². The number of carbonyl (C=O) groups is 1. The molecular weight excluding hydrogens is 486 g/mol. The number of H-pyrrole nitrogens is 1. The van der Waals surface area contributed by atoms with E-state index in [4.69, 9.17) is 4.99 Å². The van der Waals surface area contributed by atoms with Crippen LogP contribution in [-0.4, -0.2) is 82.4 Å². The number of nitrogens with one attached hydrogen (secondary N) is 3. The maximum Gasteiger partial charge on any atom is 0.285 e. The van der Waals surface area contributed by atoms with Crippen molar-refractivity contribution in [1.29, 1.82) is 0 Å². The number of fused-ring (bicyclic) bond motifs is 1. The van der Waals surface area contributed by atoms with E-state index in [0.717, 1.165) is 66.5 Å². The van der Waals surface area contributed by atoms with Crippen molar-refractivity contribution in [3.8, 4) is 0 Å². The molecule has 2 aromatic rings. The lowest BCUT2D eigenvalue weighted by atomic mass is 10.3. The standard InChI is InChI=1S/C26H33N9OS/c1-18(36)27-20-5-7-22(8-6-20)37-34-16-25-28-21(14-33-11-9-32(2)10-12-33)15-35(25)26(17-34)29-24-13-23(30-31-24)19-3-4-19/h5-8,13,15,17,19H,3-4,9-12,14,16H2,1-2H3,(H,27,36)(H2,29,30,31)/q+1. The number of likely N-dealkylation sites (N-methyl/N-ethyl adjacent to an activating group) is 1. The van der Waals surface area contributed by atoms with Crippen molar-refractivity contribution in [3.05, 3.63) is 59.9 Å². The largest absolute Gasteiger partial charge is 0.326 e. The molecule has 1 radical (unpaired) electrons. The predicted molar refractivity (Wildman–Crippen MR) is 147 cm³/mol. The van der Waals surface area contributed by atoms with Crippen molar-refractivity contribution >= 4 is 35.2 Å². The van der Waals surface area contributed by atoms with E-state index >= 15 is 0 Å². The molecule has 2 fully saturated rings. The summed E-state index contributed by atoms with van der Waals surface area (Å²) in [5.74, 6) is 3.29. The van der Waals surface area contributed by atoms with Crippen molar-refractivity contribution in [2.45, 2.75) is 30.6 Å². The van der Waals surface area contributed by atoms with Crippen LogP contribution in [0.5, 0.6) is 0 Å². The summed E-state index contributed by atoms with van der Waals surface area (Å²) in [5, 5.41) is 14.1. The Morgan fingerprint density at radius 3 is 2.70 bits per heavy atom. The highest BCUT2D eigenvalue weighted by Gasteiger charge is 2.40. The van der Waals surface area contributed by atoms with Gasteiger partial charge in [-0.1, -0.05) is 0 Å². The normalized spacial score (nSPS) is 20.8. The Hall–Kier alpha value is -3.12. The molecule has 1 saturated carbocycles. The van der Waals surface area contributed by atoms with E-state index in [2.05, 4.69) is 65.3 Å². The molecule has 0 bridgehead atoms. The molecule has 4 heterocycles. The van der Waals surface area contributed by atoms with Crippen molar-refractivity contribution in [3.63, 3.8) is 0 Å². The number of anilines is 2. The fraction of sp³-hybridized carbons (Fsp3) is 0.423. The van der Waals surface area contributed by atoms with Gasteiger partial charge in [0.2, 0.25) is 5.91 Å². The van der Waals surface area contributed by atoms with Gasteiger partial charge in [0.1, 0.15) is 12.2 Å². The zero-order valence-electron chi connectivity index (χ0n) is 21.3. The van der Waals surface area contributed by atoms with Crippen LogP contribution in [0.15, 0.2) is 64.1 Å². The van der Waals surface area contributed by atoms with E-state index in [0.29, 0.717) is 12.5 Å². The average molecular weight is 520 g/mol. The number of aliphatic imine (C=N–C) groups is 1. The van der Waals surface area contributed by atoms with Crippen LogP contribution >= 0.6 is 11.9 Å². The number of carbonyl (C=O) groups excluding carboxylic acids is 1. The third kappa shape index (κ3) is 5.90. The van der Waals surface area contributed by atoms with E-state index in [-0.39, 0.29) is 5.91 Å². The Labute approximate surface area is 221 Å². The molecule has 37 heavy (non-hydrogen) atoms. The third-order valence-corrected chi connectivity index (χ3v) is 7.85. The van der Waals surface area contributed by atoms with Gasteiger partial charge < -0.3 is 10.2 Å². The minimum atomic E-state index is -0.0718. The topological polar surface area (TPSA) is 97.8 Å². The Morgan fingerprint density at radius 1 is 1.19 bits per heavy atom. The number of benzene rings is 1. The molecule has 193 valence electrons. The summed E-state index contributed by atoms with van der Waals surface area (Å²) in [6.07, 6.45) is 6.74. The average Bonchev–Trinajstić information content (AvgIpc) is 3.48. The summed E-state index contributed by atoms with van der Waals surface area (Å²) >= 11 is 1.64. The molecule has 0 unspecified atom stereocenters. The number of nitrogens with zero attached hydrogens (tertiary/aromatic N) is 6. The van der Waals surface area contributed by atoms with E-state index in [1.807, 2.05) is 24.3 Å². The Kier molecular flexibility index (Phi) is 6.76. The first-order valence-corrected chi connectivity index (χ1v) is 13.6. The molecule has 1 aromatic heterocycles. The highest BCUT2D eigenvalue weighted by Crippen LogP contribution is 2.39. The van der Waals surface area contributed by atoms with E-state index in [9.17, 15) is 4.79 Å². The summed E-state index contributed by atoms with van der Waals surface area (Å²) in [7, 11) is 2.18. The molecule has 0 spiro atoms. The first kappa shape index (κ1) is 24.2. The minimum absolute atomic E-state index is 0.0718. The molecule has 3 N–H and O–H groups in total. The molecule has 1 aromatic carbocycles. The Balaban J connectivity index is 1.20. The quantitative estimate of drug-likeness (QED) is 0.364. The number of amidine groups is 1. The van der Waals surface area contributed by atoms with Crippen LogP contribution in [0.2, 0.25) is 0 Å². The van der Waals surface area contributed by atoms with Gasteiger partial charge in [0.15, 0.2) is 12.0 Å². The molecule has 1 saturated heterocycles. The summed E-state index contributed by atoms with van der Waals surface area (Å²) in [5.41, 5.74) is 3.08. The van der Waals surface area contributed by atoms with E-state index in [1.165, 1.54) is 25.5 Å². The SMILES string of the molecule is CC(=O)Nc1ccc(SN2C=C(Nc3cc(C4CC4)[nH]n3)[N+]3C=C(CN4CCN(C)CC4)N=C3C2)cc1. The van der Waals surface area contributed by atoms with Gasteiger partial charge in [-0.3, -0.25) is 24.4 Å². The highest BCUT2D eigenvalue weighted by molar-refractivity contribution is 7.97. The molecule has 3 aliphatic heterocycles. The van der Waals surface area contributed by atoms with E-state index in [1.54, 1.807) is 11.9 Å². The van der Waals surface area contributed by atoms with Crippen LogP contribution in [0, 0.1) is 0 Å². The fourth-order valence-corrected chi connectivity index (χ4v) is 5.57. The van der Waals surface area contributed by atoms with Gasteiger partial charge in [-0.05, 0) is 61.0 Å². The van der Waals surface area contributed by atoms with Crippen LogP contribution < -0.4 is 15.5 Å². The number of amides is 1. The molecular formula is C26H33N9OS+. The Morgan fingerprint density at radius 2 is 1.97 bits per heavy atom. The molecule has 1 amide bonds. The lowest BCUT2D eigenvalue weighted by molar-refractivity contribution is -0.114. The maximum atomic E-state index is 11.3. The van der Waals surface area contributed by atoms with Crippen molar-refractivity contribution in [2.24, 2.45) is 4.99 Å². The summed E-state index contributed by atoms with van der Waals surface area (Å²) in [6.45, 7) is 7.36. The van der Waals surface area contributed by atoms with Crippen LogP contribution in [0.25, 0.3) is 0 Å². The molecule has 1 aliphatic carbocycles. The van der Waals surface area contributed by atoms with Gasteiger partial charge in [0, 0.05) is 67.9 Å². The van der Waals surface area contributed by atoms with Crippen molar-refractivity contribution in [2.75, 3.05) is 56.9 Å². The van der Waals surface area contributed by atoms with Gasteiger partial charge in [-0.2, -0.15) is 10.1 Å². The number of rotatable bonds is 8. The smallest absolute Gasteiger partial charge is 0.285 e. The second-order valence-electron chi connectivity index (χ2n) is 10.1. The summed E-state index contributed by atoms with van der Waals surface area (Å²) in [4.78, 5) is 24.5. The molecule has 6 rings (SSSR count). The highest BCUT2D eigenvalue weighted by atomic mass is 32.2. The lowest BCUT2D eigenvalue weighted by Crippen LogP contribution is -2.44. The molecule has 10 nitrogen and oxygen atoms in total. The minimum Gasteiger partial charge on any atom is -0.326 e. The third-order valence-electron chi connectivity index (χ3n) is 6.90. The van der Waals surface area contributed by atoms with E-state index < -0.39 is 0 Å².